The lowest BCUT2D eigenvalue weighted by atomic mass is 9.83. The van der Waals surface area contributed by atoms with Crippen molar-refractivity contribution in [3.63, 3.8) is 0 Å². The highest BCUT2D eigenvalue weighted by molar-refractivity contribution is 6.12. The molecule has 2 fully saturated rings. The van der Waals surface area contributed by atoms with Crippen molar-refractivity contribution < 1.29 is 19.1 Å². The number of rotatable bonds is 6. The molecular formula is C23H33N5O4. The third-order valence-electron chi connectivity index (χ3n) is 7.14. The van der Waals surface area contributed by atoms with Gasteiger partial charge in [0, 0.05) is 38.4 Å². The van der Waals surface area contributed by atoms with Crippen LogP contribution in [0.4, 0.5) is 10.6 Å². The van der Waals surface area contributed by atoms with E-state index in [-0.39, 0.29) is 30.5 Å². The SMILES string of the molecule is CCN1CCc2ncc(N3CC(=O)N([C@H]4CC[C@H](CCC(=O)OC)CC4)C3=O)nc2CC1. The average molecular weight is 444 g/mol. The molecule has 174 valence electrons. The molecule has 0 N–H and O–H groups in total. The summed E-state index contributed by atoms with van der Waals surface area (Å²) < 4.78 is 4.72. The van der Waals surface area contributed by atoms with E-state index in [1.54, 1.807) is 6.20 Å². The number of anilines is 1. The molecule has 0 bridgehead atoms. The van der Waals surface area contributed by atoms with Crippen LogP contribution in [0.25, 0.3) is 0 Å². The Morgan fingerprint density at radius 2 is 1.84 bits per heavy atom. The highest BCUT2D eigenvalue weighted by Gasteiger charge is 2.43. The summed E-state index contributed by atoms with van der Waals surface area (Å²) >= 11 is 0. The molecule has 1 saturated carbocycles. The number of carbonyl (C=O) groups excluding carboxylic acids is 3. The lowest BCUT2D eigenvalue weighted by molar-refractivity contribution is -0.141. The van der Waals surface area contributed by atoms with Gasteiger partial charge in [0.1, 0.15) is 6.54 Å². The van der Waals surface area contributed by atoms with Gasteiger partial charge < -0.3 is 9.64 Å². The molecule has 9 nitrogen and oxygen atoms in total. The Morgan fingerprint density at radius 3 is 2.53 bits per heavy atom. The van der Waals surface area contributed by atoms with E-state index in [4.69, 9.17) is 9.72 Å². The topological polar surface area (TPSA) is 95.9 Å². The largest absolute Gasteiger partial charge is 0.469 e. The summed E-state index contributed by atoms with van der Waals surface area (Å²) in [7, 11) is 1.41. The molecular weight excluding hydrogens is 410 g/mol. The van der Waals surface area contributed by atoms with Gasteiger partial charge in [-0.2, -0.15) is 0 Å². The van der Waals surface area contributed by atoms with Crippen LogP contribution in [0.5, 0.6) is 0 Å². The highest BCUT2D eigenvalue weighted by atomic mass is 16.5. The number of imide groups is 1. The molecule has 1 saturated heterocycles. The van der Waals surface area contributed by atoms with E-state index in [9.17, 15) is 14.4 Å². The summed E-state index contributed by atoms with van der Waals surface area (Å²) in [6, 6.07) is -0.368. The van der Waals surface area contributed by atoms with Crippen molar-refractivity contribution in [3.8, 4) is 0 Å². The molecule has 0 spiro atoms. The molecule has 0 aromatic carbocycles. The molecule has 0 atom stereocenters. The van der Waals surface area contributed by atoms with Crippen molar-refractivity contribution in [1.82, 2.24) is 19.8 Å². The molecule has 1 aliphatic carbocycles. The molecule has 32 heavy (non-hydrogen) atoms. The van der Waals surface area contributed by atoms with Crippen molar-refractivity contribution >= 4 is 23.7 Å². The van der Waals surface area contributed by atoms with Crippen LogP contribution in [-0.4, -0.2) is 77.0 Å². The second kappa shape index (κ2) is 9.94. The standard InChI is InChI=1S/C23H33N5O4/c1-3-26-12-10-18-19(11-13-26)25-20(14-24-18)27-15-21(29)28(23(27)31)17-7-4-16(5-8-17)6-9-22(30)32-2/h14,16-17H,3-13,15H2,1-2H3/t16-,17-. The first-order valence-corrected chi connectivity index (χ1v) is 11.8. The Bertz CT molecular complexity index is 868. The van der Waals surface area contributed by atoms with Crippen molar-refractivity contribution in [1.29, 1.82) is 0 Å². The third kappa shape index (κ3) is 4.77. The monoisotopic (exact) mass is 443 g/mol. The summed E-state index contributed by atoms with van der Waals surface area (Å²) in [5, 5.41) is 0. The maximum absolute atomic E-state index is 13.2. The molecule has 3 heterocycles. The number of amides is 3. The number of fused-ring (bicyclic) bond motifs is 1. The number of nitrogens with zero attached hydrogens (tertiary/aromatic N) is 5. The fourth-order valence-corrected chi connectivity index (χ4v) is 5.11. The van der Waals surface area contributed by atoms with Crippen molar-refractivity contribution in [2.45, 2.75) is 64.3 Å². The maximum atomic E-state index is 13.2. The number of aromatic nitrogens is 2. The van der Waals surface area contributed by atoms with Gasteiger partial charge in [-0.15, -0.1) is 0 Å². The predicted molar refractivity (Wildman–Crippen MR) is 118 cm³/mol. The molecule has 0 unspecified atom stereocenters. The third-order valence-corrected chi connectivity index (χ3v) is 7.14. The molecule has 2 aliphatic heterocycles. The molecule has 4 rings (SSSR count). The molecule has 3 aliphatic rings. The summed E-state index contributed by atoms with van der Waals surface area (Å²) in [5.41, 5.74) is 1.92. The Kier molecular flexibility index (Phi) is 7.03. The Hall–Kier alpha value is -2.55. The minimum Gasteiger partial charge on any atom is -0.469 e. The number of carbonyl (C=O) groups is 3. The van der Waals surface area contributed by atoms with Crippen LogP contribution in [0.15, 0.2) is 6.20 Å². The van der Waals surface area contributed by atoms with Crippen molar-refractivity contribution in [2.75, 3.05) is 38.2 Å². The molecule has 1 aromatic rings. The summed E-state index contributed by atoms with van der Waals surface area (Å²) in [5.74, 6) is 0.563. The van der Waals surface area contributed by atoms with Crippen molar-refractivity contribution in [2.24, 2.45) is 5.92 Å². The van der Waals surface area contributed by atoms with E-state index in [0.717, 1.165) is 76.0 Å². The Morgan fingerprint density at radius 1 is 1.12 bits per heavy atom. The van der Waals surface area contributed by atoms with Gasteiger partial charge in [-0.3, -0.25) is 24.4 Å². The zero-order valence-electron chi connectivity index (χ0n) is 19.1. The highest BCUT2D eigenvalue weighted by Crippen LogP contribution is 2.33. The first-order valence-electron chi connectivity index (χ1n) is 11.8. The van der Waals surface area contributed by atoms with Gasteiger partial charge in [0.25, 0.3) is 5.91 Å². The van der Waals surface area contributed by atoms with Gasteiger partial charge in [0.05, 0.1) is 24.7 Å². The van der Waals surface area contributed by atoms with E-state index in [2.05, 4.69) is 16.8 Å². The van der Waals surface area contributed by atoms with Crippen LogP contribution >= 0.6 is 0 Å². The van der Waals surface area contributed by atoms with Gasteiger partial charge in [0.15, 0.2) is 5.82 Å². The van der Waals surface area contributed by atoms with Crippen LogP contribution in [0, 0.1) is 5.92 Å². The van der Waals surface area contributed by atoms with E-state index in [0.29, 0.717) is 18.2 Å². The van der Waals surface area contributed by atoms with Crippen LogP contribution < -0.4 is 4.90 Å². The van der Waals surface area contributed by atoms with Crippen LogP contribution in [0.1, 0.15) is 56.8 Å². The van der Waals surface area contributed by atoms with Crippen LogP contribution in [-0.2, 0) is 27.2 Å². The normalized spacial score (nSPS) is 24.4. The number of methoxy groups -OCH3 is 1. The van der Waals surface area contributed by atoms with E-state index >= 15 is 0 Å². The minimum absolute atomic E-state index is 0.0235. The van der Waals surface area contributed by atoms with Gasteiger partial charge >= 0.3 is 12.0 Å². The summed E-state index contributed by atoms with van der Waals surface area (Å²) in [6.45, 7) is 5.07. The van der Waals surface area contributed by atoms with Gasteiger partial charge in [-0.05, 0) is 44.6 Å². The van der Waals surface area contributed by atoms with Crippen molar-refractivity contribution in [3.05, 3.63) is 17.6 Å². The van der Waals surface area contributed by atoms with E-state index in [1.165, 1.54) is 16.9 Å². The lowest BCUT2D eigenvalue weighted by Crippen LogP contribution is -2.43. The quantitative estimate of drug-likeness (QED) is 0.491. The number of urea groups is 1. The van der Waals surface area contributed by atoms with E-state index in [1.807, 2.05) is 0 Å². The minimum atomic E-state index is -0.286. The second-order valence-corrected chi connectivity index (χ2v) is 8.98. The zero-order chi connectivity index (χ0) is 22.7. The summed E-state index contributed by atoms with van der Waals surface area (Å²) in [4.78, 5) is 52.0. The summed E-state index contributed by atoms with van der Waals surface area (Å²) in [6.07, 6.45) is 7.89. The number of hydrogen-bond acceptors (Lipinski definition) is 7. The average Bonchev–Trinajstić information content (AvgIpc) is 2.98. The zero-order valence-corrected chi connectivity index (χ0v) is 19.1. The molecule has 0 radical (unpaired) electrons. The Balaban J connectivity index is 1.39. The van der Waals surface area contributed by atoms with Gasteiger partial charge in [-0.1, -0.05) is 6.92 Å². The first kappa shape index (κ1) is 22.6. The first-order chi connectivity index (χ1) is 15.5. The molecule has 3 amide bonds. The lowest BCUT2D eigenvalue weighted by Gasteiger charge is -2.33. The smallest absolute Gasteiger partial charge is 0.333 e. The second-order valence-electron chi connectivity index (χ2n) is 8.98. The van der Waals surface area contributed by atoms with E-state index < -0.39 is 0 Å². The van der Waals surface area contributed by atoms with Crippen LogP contribution in [0.2, 0.25) is 0 Å². The predicted octanol–water partition coefficient (Wildman–Crippen LogP) is 2.18. The van der Waals surface area contributed by atoms with Crippen LogP contribution in [0.3, 0.4) is 0 Å². The maximum Gasteiger partial charge on any atom is 0.333 e. The number of ether oxygens (including phenoxy) is 1. The Labute approximate surface area is 189 Å². The molecule has 1 aromatic heterocycles. The van der Waals surface area contributed by atoms with Gasteiger partial charge in [-0.25, -0.2) is 9.78 Å². The molecule has 9 heteroatoms. The fourth-order valence-electron chi connectivity index (χ4n) is 5.11. The van der Waals surface area contributed by atoms with Gasteiger partial charge in [0.2, 0.25) is 0 Å². The number of hydrogen-bond donors (Lipinski definition) is 0. The fraction of sp³-hybridized carbons (Fsp3) is 0.696. The number of esters is 1. The number of likely N-dealkylation sites (N-methyl/N-ethyl adjacent to an activating group) is 1.